The highest BCUT2D eigenvalue weighted by Gasteiger charge is 2.37. The van der Waals surface area contributed by atoms with E-state index in [1.807, 2.05) is 0 Å². The lowest BCUT2D eigenvalue weighted by atomic mass is 10.1. The number of nitrogens with one attached hydrogen (secondary N) is 1. The van der Waals surface area contributed by atoms with Crippen LogP contribution in [0.4, 0.5) is 18.9 Å². The zero-order valence-electron chi connectivity index (χ0n) is 7.10. The van der Waals surface area contributed by atoms with Gasteiger partial charge in [0.15, 0.2) is 0 Å². The predicted octanol–water partition coefficient (Wildman–Crippen LogP) is 2.38. The number of fused-ring (bicyclic) bond motifs is 1. The lowest BCUT2D eigenvalue weighted by Gasteiger charge is -2.18. The van der Waals surface area contributed by atoms with Crippen molar-refractivity contribution >= 4 is 11.5 Å². The Morgan fingerprint density at radius 1 is 1.21 bits per heavy atom. The molecular formula is C9H7F3N2. The molecule has 0 spiro atoms. The summed E-state index contributed by atoms with van der Waals surface area (Å²) in [6.07, 6.45) is -4.40. The molecular weight excluding hydrogens is 193 g/mol. The Morgan fingerprint density at radius 3 is 2.64 bits per heavy atom. The number of rotatable bonds is 0. The van der Waals surface area contributed by atoms with Crippen molar-refractivity contribution in [2.75, 3.05) is 0 Å². The van der Waals surface area contributed by atoms with Gasteiger partial charge in [-0.1, -0.05) is 18.2 Å². The summed E-state index contributed by atoms with van der Waals surface area (Å²) in [6, 6.07) is 6.76. The van der Waals surface area contributed by atoms with Crippen molar-refractivity contribution in [1.29, 1.82) is 0 Å². The molecule has 1 aromatic rings. The van der Waals surface area contributed by atoms with Crippen LogP contribution in [0.5, 0.6) is 0 Å². The number of alkyl halides is 3. The molecule has 0 unspecified atom stereocenters. The number of nitrogens with zero attached hydrogens (tertiary/aromatic N) is 1. The molecule has 1 aliphatic rings. The van der Waals surface area contributed by atoms with Gasteiger partial charge in [0.1, 0.15) is 0 Å². The molecule has 1 aromatic carbocycles. The van der Waals surface area contributed by atoms with E-state index in [-0.39, 0.29) is 6.54 Å². The Bertz CT molecular complexity index is 382. The number of hydrogen-bond donors (Lipinski definition) is 1. The van der Waals surface area contributed by atoms with Crippen LogP contribution in [0.15, 0.2) is 29.3 Å². The Labute approximate surface area is 78.5 Å². The summed E-state index contributed by atoms with van der Waals surface area (Å²) in [5.41, 5.74) is 1.17. The molecule has 0 aliphatic carbocycles. The number of halogens is 3. The number of para-hydroxylation sites is 1. The van der Waals surface area contributed by atoms with Gasteiger partial charge in [-0.25, -0.2) is 4.99 Å². The molecule has 0 aromatic heterocycles. The average Bonchev–Trinajstić information content (AvgIpc) is 2.16. The van der Waals surface area contributed by atoms with Crippen LogP contribution in [-0.4, -0.2) is 12.0 Å². The van der Waals surface area contributed by atoms with Crippen LogP contribution < -0.4 is 5.32 Å². The second kappa shape index (κ2) is 3.01. The molecule has 1 heterocycles. The van der Waals surface area contributed by atoms with Crippen molar-refractivity contribution < 1.29 is 13.2 Å². The first-order valence-corrected chi connectivity index (χ1v) is 4.05. The monoisotopic (exact) mass is 200 g/mol. The summed E-state index contributed by atoms with van der Waals surface area (Å²) in [4.78, 5) is 3.50. The van der Waals surface area contributed by atoms with E-state index in [2.05, 4.69) is 10.3 Å². The van der Waals surface area contributed by atoms with Crippen LogP contribution >= 0.6 is 0 Å². The van der Waals surface area contributed by atoms with E-state index < -0.39 is 12.0 Å². The third kappa shape index (κ3) is 1.57. The van der Waals surface area contributed by atoms with Gasteiger partial charge in [0.25, 0.3) is 0 Å². The molecule has 0 amide bonds. The van der Waals surface area contributed by atoms with Gasteiger partial charge in [-0.2, -0.15) is 13.2 Å². The topological polar surface area (TPSA) is 24.4 Å². The zero-order chi connectivity index (χ0) is 10.2. The van der Waals surface area contributed by atoms with E-state index in [0.29, 0.717) is 5.69 Å². The Morgan fingerprint density at radius 2 is 1.93 bits per heavy atom. The van der Waals surface area contributed by atoms with Crippen LogP contribution in [-0.2, 0) is 6.54 Å². The number of hydrogen-bond acceptors (Lipinski definition) is 2. The second-order valence-corrected chi connectivity index (χ2v) is 2.94. The van der Waals surface area contributed by atoms with Crippen molar-refractivity contribution in [1.82, 2.24) is 5.32 Å². The Balaban J connectivity index is 2.41. The second-order valence-electron chi connectivity index (χ2n) is 2.94. The van der Waals surface area contributed by atoms with Gasteiger partial charge in [-0.15, -0.1) is 0 Å². The van der Waals surface area contributed by atoms with Gasteiger partial charge < -0.3 is 5.32 Å². The van der Waals surface area contributed by atoms with Crippen molar-refractivity contribution in [2.45, 2.75) is 12.7 Å². The number of aliphatic imine (C=N–C) groups is 1. The third-order valence-corrected chi connectivity index (χ3v) is 1.94. The molecule has 1 N–H and O–H groups in total. The minimum Gasteiger partial charge on any atom is -0.362 e. The molecule has 2 nitrogen and oxygen atoms in total. The van der Waals surface area contributed by atoms with Crippen LogP contribution in [0.3, 0.4) is 0 Å². The Hall–Kier alpha value is -1.52. The van der Waals surface area contributed by atoms with Crippen molar-refractivity contribution in [2.24, 2.45) is 4.99 Å². The van der Waals surface area contributed by atoms with Gasteiger partial charge in [0, 0.05) is 6.54 Å². The maximum atomic E-state index is 12.2. The molecule has 5 heteroatoms. The SMILES string of the molecule is FC(F)(F)C1=Nc2ccccc2CN1. The maximum absolute atomic E-state index is 12.2. The van der Waals surface area contributed by atoms with Crippen molar-refractivity contribution in [3.8, 4) is 0 Å². The molecule has 0 bridgehead atoms. The number of amidine groups is 1. The molecule has 14 heavy (non-hydrogen) atoms. The molecule has 1 aliphatic heterocycles. The summed E-state index contributed by atoms with van der Waals surface area (Å²) in [5.74, 6) is -0.920. The van der Waals surface area contributed by atoms with Crippen LogP contribution in [0.1, 0.15) is 5.56 Å². The third-order valence-electron chi connectivity index (χ3n) is 1.94. The first-order valence-electron chi connectivity index (χ1n) is 4.05. The normalized spacial score (nSPS) is 15.5. The fraction of sp³-hybridized carbons (Fsp3) is 0.222. The van der Waals surface area contributed by atoms with Crippen molar-refractivity contribution in [3.63, 3.8) is 0 Å². The lowest BCUT2D eigenvalue weighted by Crippen LogP contribution is -2.38. The van der Waals surface area contributed by atoms with Crippen LogP contribution in [0, 0.1) is 0 Å². The molecule has 0 fully saturated rings. The summed E-state index contributed by atoms with van der Waals surface area (Å²) < 4.78 is 36.7. The minimum atomic E-state index is -4.40. The van der Waals surface area contributed by atoms with E-state index in [4.69, 9.17) is 0 Å². The van der Waals surface area contributed by atoms with Crippen molar-refractivity contribution in [3.05, 3.63) is 29.8 Å². The van der Waals surface area contributed by atoms with Gasteiger partial charge in [-0.05, 0) is 11.6 Å². The van der Waals surface area contributed by atoms with E-state index in [1.165, 1.54) is 0 Å². The van der Waals surface area contributed by atoms with Gasteiger partial charge >= 0.3 is 6.18 Å². The van der Waals surface area contributed by atoms with Gasteiger partial charge in [-0.3, -0.25) is 0 Å². The molecule has 74 valence electrons. The quantitative estimate of drug-likeness (QED) is 0.683. The fourth-order valence-corrected chi connectivity index (χ4v) is 1.27. The lowest BCUT2D eigenvalue weighted by molar-refractivity contribution is -0.0620. The molecule has 2 rings (SSSR count). The zero-order valence-corrected chi connectivity index (χ0v) is 7.10. The van der Waals surface area contributed by atoms with Crippen LogP contribution in [0.25, 0.3) is 0 Å². The van der Waals surface area contributed by atoms with E-state index in [0.717, 1.165) is 5.56 Å². The fourth-order valence-electron chi connectivity index (χ4n) is 1.27. The molecule has 0 radical (unpaired) electrons. The number of benzene rings is 1. The summed E-state index contributed by atoms with van der Waals surface area (Å²) in [5, 5.41) is 2.24. The summed E-state index contributed by atoms with van der Waals surface area (Å²) in [7, 11) is 0. The smallest absolute Gasteiger partial charge is 0.362 e. The van der Waals surface area contributed by atoms with Gasteiger partial charge in [0.05, 0.1) is 5.69 Å². The standard InChI is InChI=1S/C9H7F3N2/c10-9(11,12)8-13-5-6-3-1-2-4-7(6)14-8/h1-4H,5H2,(H,13,14). The maximum Gasteiger partial charge on any atom is 0.449 e. The highest BCUT2D eigenvalue weighted by Crippen LogP contribution is 2.26. The van der Waals surface area contributed by atoms with Crippen LogP contribution in [0.2, 0.25) is 0 Å². The first kappa shape index (κ1) is 9.05. The van der Waals surface area contributed by atoms with E-state index in [9.17, 15) is 13.2 Å². The molecule has 0 atom stereocenters. The minimum absolute atomic E-state index is 0.175. The molecule has 0 saturated carbocycles. The van der Waals surface area contributed by atoms with E-state index >= 15 is 0 Å². The highest BCUT2D eigenvalue weighted by molar-refractivity contribution is 5.91. The predicted molar refractivity (Wildman–Crippen MR) is 46.4 cm³/mol. The summed E-state index contributed by atoms with van der Waals surface area (Å²) in [6.45, 7) is 0.175. The largest absolute Gasteiger partial charge is 0.449 e. The Kier molecular flexibility index (Phi) is 1.94. The highest BCUT2D eigenvalue weighted by atomic mass is 19.4. The average molecular weight is 200 g/mol. The summed E-state index contributed by atoms with van der Waals surface area (Å²) >= 11 is 0. The van der Waals surface area contributed by atoms with E-state index in [1.54, 1.807) is 24.3 Å². The molecule has 0 saturated heterocycles. The van der Waals surface area contributed by atoms with Gasteiger partial charge in [0.2, 0.25) is 5.84 Å². The first-order chi connectivity index (χ1) is 6.57.